The van der Waals surface area contributed by atoms with Crippen molar-refractivity contribution >= 4 is 11.6 Å². The van der Waals surface area contributed by atoms with Gasteiger partial charge in [0.2, 0.25) is 0 Å². The third-order valence-corrected chi connectivity index (χ3v) is 5.81. The largest absolute Gasteiger partial charge is 0.376 e. The molecule has 0 amide bonds. The van der Waals surface area contributed by atoms with Gasteiger partial charge in [-0.15, -0.1) is 0 Å². The van der Waals surface area contributed by atoms with Crippen LogP contribution in [0.3, 0.4) is 0 Å². The van der Waals surface area contributed by atoms with Gasteiger partial charge in [0.25, 0.3) is 0 Å². The Labute approximate surface area is 174 Å². The lowest BCUT2D eigenvalue weighted by Gasteiger charge is -2.31. The first-order valence-electron chi connectivity index (χ1n) is 10.8. The minimum absolute atomic E-state index is 0.311. The van der Waals surface area contributed by atoms with Gasteiger partial charge in [-0.05, 0) is 60.9 Å². The molecule has 0 radical (unpaired) electrons. The van der Waals surface area contributed by atoms with Crippen LogP contribution in [0.4, 0.5) is 5.69 Å². The Balaban J connectivity index is 1.37. The molecule has 3 N–H and O–H groups in total. The van der Waals surface area contributed by atoms with E-state index in [1.165, 1.54) is 35.1 Å². The molecule has 1 atom stereocenters. The van der Waals surface area contributed by atoms with E-state index in [2.05, 4.69) is 64.6 Å². The summed E-state index contributed by atoms with van der Waals surface area (Å²) in [5.41, 5.74) is 12.7. The number of benzene rings is 2. The van der Waals surface area contributed by atoms with Crippen LogP contribution in [0.1, 0.15) is 42.0 Å². The highest BCUT2D eigenvalue weighted by atomic mass is 16.5. The molecule has 0 saturated carbocycles. The Bertz CT molecular complexity index is 864. The van der Waals surface area contributed by atoms with Crippen molar-refractivity contribution in [3.05, 3.63) is 64.7 Å². The highest BCUT2D eigenvalue weighted by Gasteiger charge is 2.16. The number of fused-ring (bicyclic) bond motifs is 1. The number of anilines is 1. The number of hydrogen-bond donors (Lipinski definition) is 2. The van der Waals surface area contributed by atoms with Gasteiger partial charge in [0, 0.05) is 25.3 Å². The first-order valence-corrected chi connectivity index (χ1v) is 10.8. The van der Waals surface area contributed by atoms with E-state index < -0.39 is 0 Å². The molecule has 0 bridgehead atoms. The highest BCUT2D eigenvalue weighted by Crippen LogP contribution is 2.27. The molecule has 29 heavy (non-hydrogen) atoms. The number of rotatable bonds is 5. The normalized spacial score (nSPS) is 20.3. The number of nitrogens with one attached hydrogen (secondary N) is 1. The molecule has 5 heteroatoms. The average Bonchev–Trinajstić information content (AvgIpc) is 2.73. The van der Waals surface area contributed by atoms with Crippen LogP contribution in [-0.4, -0.2) is 36.7 Å². The second kappa shape index (κ2) is 9.42. The molecule has 0 aromatic heterocycles. The lowest BCUT2D eigenvalue weighted by Crippen LogP contribution is -2.40. The summed E-state index contributed by atoms with van der Waals surface area (Å²) in [6, 6.07) is 15.1. The first kappa shape index (κ1) is 19.9. The van der Waals surface area contributed by atoms with E-state index >= 15 is 0 Å². The van der Waals surface area contributed by atoms with Crippen LogP contribution in [0.15, 0.2) is 47.5 Å². The van der Waals surface area contributed by atoms with Gasteiger partial charge < -0.3 is 15.8 Å². The van der Waals surface area contributed by atoms with Gasteiger partial charge in [0.05, 0.1) is 19.3 Å². The van der Waals surface area contributed by atoms with Gasteiger partial charge in [-0.3, -0.25) is 4.90 Å². The molecule has 5 nitrogen and oxygen atoms in total. The zero-order chi connectivity index (χ0) is 20.1. The Morgan fingerprint density at radius 2 is 2.00 bits per heavy atom. The van der Waals surface area contributed by atoms with Crippen molar-refractivity contribution in [2.75, 3.05) is 25.0 Å². The van der Waals surface area contributed by atoms with Crippen LogP contribution in [0.5, 0.6) is 0 Å². The van der Waals surface area contributed by atoms with Crippen molar-refractivity contribution in [3.63, 3.8) is 0 Å². The average molecular weight is 393 g/mol. The summed E-state index contributed by atoms with van der Waals surface area (Å²) < 4.78 is 5.64. The van der Waals surface area contributed by atoms with Crippen LogP contribution in [0, 0.1) is 0 Å². The molecule has 0 spiro atoms. The molecule has 1 aliphatic carbocycles. The summed E-state index contributed by atoms with van der Waals surface area (Å²) in [7, 11) is 0. The Morgan fingerprint density at radius 3 is 2.90 bits per heavy atom. The number of nitrogens with zero attached hydrogens (tertiary/aromatic N) is 2. The summed E-state index contributed by atoms with van der Waals surface area (Å²) >= 11 is 0. The second-order valence-corrected chi connectivity index (χ2v) is 8.21. The van der Waals surface area contributed by atoms with E-state index in [0.717, 1.165) is 44.8 Å². The maximum absolute atomic E-state index is 6.21. The lowest BCUT2D eigenvalue weighted by atomic mass is 9.90. The Morgan fingerprint density at radius 1 is 1.17 bits per heavy atom. The van der Waals surface area contributed by atoms with E-state index in [-0.39, 0.29) is 0 Å². The fraction of sp³-hybridized carbons (Fsp3) is 0.458. The summed E-state index contributed by atoms with van der Waals surface area (Å²) in [5, 5.41) is 3.33. The summed E-state index contributed by atoms with van der Waals surface area (Å²) in [5.74, 6) is 0.483. The van der Waals surface area contributed by atoms with Crippen molar-refractivity contribution in [2.24, 2.45) is 10.7 Å². The first-order chi connectivity index (χ1) is 14.2. The van der Waals surface area contributed by atoms with Crippen molar-refractivity contribution in [1.29, 1.82) is 0 Å². The zero-order valence-electron chi connectivity index (χ0n) is 17.4. The van der Waals surface area contributed by atoms with Gasteiger partial charge in [-0.1, -0.05) is 36.4 Å². The molecule has 1 fully saturated rings. The number of ether oxygens (including phenoxy) is 1. The zero-order valence-corrected chi connectivity index (χ0v) is 17.4. The fourth-order valence-corrected chi connectivity index (χ4v) is 4.37. The maximum atomic E-state index is 6.21. The molecule has 2 aromatic rings. The van der Waals surface area contributed by atoms with Gasteiger partial charge in [-0.2, -0.15) is 0 Å². The molecule has 154 valence electrons. The summed E-state index contributed by atoms with van der Waals surface area (Å²) in [6.07, 6.45) is 5.12. The van der Waals surface area contributed by atoms with E-state index in [1.807, 2.05) is 0 Å². The number of aliphatic imine (C=N–C) groups is 1. The molecule has 4 rings (SSSR count). The molecule has 1 unspecified atom stereocenters. The smallest absolute Gasteiger partial charge is 0.193 e. The molecular formula is C24H32N4O. The predicted molar refractivity (Wildman–Crippen MR) is 119 cm³/mol. The van der Waals surface area contributed by atoms with Gasteiger partial charge in [0.15, 0.2) is 5.96 Å². The lowest BCUT2D eigenvalue weighted by molar-refractivity contribution is -0.0212. The van der Waals surface area contributed by atoms with E-state index in [0.29, 0.717) is 18.6 Å². The van der Waals surface area contributed by atoms with Crippen LogP contribution in [0.25, 0.3) is 0 Å². The minimum Gasteiger partial charge on any atom is -0.376 e. The topological polar surface area (TPSA) is 62.9 Å². The van der Waals surface area contributed by atoms with Crippen LogP contribution < -0.4 is 11.1 Å². The second-order valence-electron chi connectivity index (χ2n) is 8.21. The number of hydrogen-bond acceptors (Lipinski definition) is 3. The highest BCUT2D eigenvalue weighted by molar-refractivity contribution is 5.93. The van der Waals surface area contributed by atoms with E-state index in [4.69, 9.17) is 10.5 Å². The predicted octanol–water partition coefficient (Wildman–Crippen LogP) is 3.71. The molecule has 2 aliphatic rings. The molecular weight excluding hydrogens is 360 g/mol. The van der Waals surface area contributed by atoms with Crippen molar-refractivity contribution in [3.8, 4) is 0 Å². The summed E-state index contributed by atoms with van der Waals surface area (Å²) in [4.78, 5) is 7.04. The van der Waals surface area contributed by atoms with Gasteiger partial charge >= 0.3 is 0 Å². The van der Waals surface area contributed by atoms with Crippen LogP contribution >= 0.6 is 0 Å². The quantitative estimate of drug-likeness (QED) is 0.601. The molecule has 1 saturated heterocycles. The number of nitrogens with two attached hydrogens (primary N) is 1. The molecule has 1 aliphatic heterocycles. The number of morpholine rings is 1. The maximum Gasteiger partial charge on any atom is 0.193 e. The van der Waals surface area contributed by atoms with Crippen LogP contribution in [0.2, 0.25) is 0 Å². The van der Waals surface area contributed by atoms with E-state index in [9.17, 15) is 0 Å². The molecule has 2 aromatic carbocycles. The Hall–Kier alpha value is -2.37. The van der Waals surface area contributed by atoms with Crippen LogP contribution in [-0.2, 0) is 30.7 Å². The van der Waals surface area contributed by atoms with Crippen molar-refractivity contribution in [1.82, 2.24) is 4.90 Å². The monoisotopic (exact) mass is 392 g/mol. The van der Waals surface area contributed by atoms with E-state index in [1.54, 1.807) is 0 Å². The molecule has 1 heterocycles. The standard InChI is InChI=1S/C24H32N4O/c1-18-16-28(12-13-29-18)17-20-7-4-6-19(14-20)15-26-24(25)27-23-11-5-9-21-8-2-3-10-22(21)23/h4-7,9,11,14,18H,2-3,8,10,12-13,15-17H2,1H3,(H3,25,26,27). The minimum atomic E-state index is 0.311. The SMILES string of the molecule is CC1CN(Cc2cccc(CN=C(N)Nc3cccc4c3CCCC4)c2)CCO1. The van der Waals surface area contributed by atoms with Gasteiger partial charge in [0.1, 0.15) is 0 Å². The Kier molecular flexibility index (Phi) is 6.47. The number of aryl methyl sites for hydroxylation is 1. The van der Waals surface area contributed by atoms with Gasteiger partial charge in [-0.25, -0.2) is 4.99 Å². The van der Waals surface area contributed by atoms with Crippen molar-refractivity contribution < 1.29 is 4.74 Å². The third-order valence-electron chi connectivity index (χ3n) is 5.81. The third kappa shape index (κ3) is 5.37. The summed E-state index contributed by atoms with van der Waals surface area (Å²) in [6.45, 7) is 6.47. The fourth-order valence-electron chi connectivity index (χ4n) is 4.37. The number of guanidine groups is 1. The van der Waals surface area contributed by atoms with Crippen molar-refractivity contribution in [2.45, 2.75) is 51.8 Å².